The molecule has 0 spiro atoms. The van der Waals surface area contributed by atoms with Crippen molar-refractivity contribution in [2.24, 2.45) is 0 Å². The second kappa shape index (κ2) is 7.35. The molecule has 138 valence electrons. The Bertz CT molecular complexity index is 802. The van der Waals surface area contributed by atoms with Crippen LogP contribution in [0.1, 0.15) is 17.3 Å². The lowest BCUT2D eigenvalue weighted by Gasteiger charge is -2.27. The number of aromatic hydroxyl groups is 1. The lowest BCUT2D eigenvalue weighted by atomic mass is 10.1. The number of amides is 3. The van der Waals surface area contributed by atoms with Crippen LogP contribution in [0.3, 0.4) is 0 Å². The fraction of sp³-hybridized carbons (Fsp3) is 0.353. The van der Waals surface area contributed by atoms with Crippen molar-refractivity contribution in [3.63, 3.8) is 0 Å². The van der Waals surface area contributed by atoms with Gasteiger partial charge in [0.25, 0.3) is 17.7 Å². The normalized spacial score (nSPS) is 17.9. The number of likely N-dealkylation sites (N-methyl/N-ethyl adjacent to an activating group) is 1. The van der Waals surface area contributed by atoms with Crippen LogP contribution in [0.5, 0.6) is 5.75 Å². The second-order valence-corrected chi connectivity index (χ2v) is 6.15. The minimum absolute atomic E-state index is 0.0951. The largest absolute Gasteiger partial charge is 0.505 e. The van der Waals surface area contributed by atoms with Crippen LogP contribution in [0, 0.1) is 0 Å². The fourth-order valence-corrected chi connectivity index (χ4v) is 3.06. The summed E-state index contributed by atoms with van der Waals surface area (Å²) < 4.78 is 5.22. The Kier molecular flexibility index (Phi) is 5.15. The van der Waals surface area contributed by atoms with Crippen molar-refractivity contribution < 1.29 is 24.2 Å². The predicted octanol–water partition coefficient (Wildman–Crippen LogP) is 1.12. The molecule has 0 aromatic heterocycles. The maximum atomic E-state index is 12.6. The molecule has 2 aliphatic rings. The topological polar surface area (TPSA) is 99.2 Å². The molecule has 0 radical (unpaired) electrons. The molecule has 1 fully saturated rings. The number of para-hydroxylation sites is 1. The van der Waals surface area contributed by atoms with Crippen LogP contribution in [-0.2, 0) is 14.3 Å². The number of halogens is 1. The van der Waals surface area contributed by atoms with Gasteiger partial charge in [0.1, 0.15) is 10.7 Å². The van der Waals surface area contributed by atoms with Crippen LogP contribution in [0.2, 0.25) is 0 Å². The summed E-state index contributed by atoms with van der Waals surface area (Å²) in [5.41, 5.74) is 0.0962. The van der Waals surface area contributed by atoms with E-state index in [0.717, 1.165) is 4.90 Å². The van der Waals surface area contributed by atoms with E-state index in [1.807, 2.05) is 0 Å². The number of anilines is 1. The summed E-state index contributed by atoms with van der Waals surface area (Å²) in [5.74, 6) is -1.82. The van der Waals surface area contributed by atoms with Crippen LogP contribution < -0.4 is 5.32 Å². The van der Waals surface area contributed by atoms with Crippen LogP contribution in [0.4, 0.5) is 5.69 Å². The first kappa shape index (κ1) is 18.2. The number of rotatable bonds is 4. The molecular weight excluding hydrogens is 362 g/mol. The van der Waals surface area contributed by atoms with Gasteiger partial charge >= 0.3 is 0 Å². The Balaban J connectivity index is 1.87. The van der Waals surface area contributed by atoms with E-state index in [9.17, 15) is 19.5 Å². The van der Waals surface area contributed by atoms with Gasteiger partial charge in [-0.2, -0.15) is 0 Å². The van der Waals surface area contributed by atoms with Crippen LogP contribution in [0.25, 0.3) is 0 Å². The SMILES string of the molecule is CCN1C(=O)C(Cl)=C(Nc2cccc(C(=O)N3CCOCC3)c2O)C1=O. The van der Waals surface area contributed by atoms with Gasteiger partial charge in [-0.15, -0.1) is 0 Å². The molecule has 3 rings (SSSR count). The van der Waals surface area contributed by atoms with Gasteiger partial charge in [0.2, 0.25) is 0 Å². The molecule has 0 saturated carbocycles. The molecule has 1 saturated heterocycles. The maximum absolute atomic E-state index is 12.6. The number of benzene rings is 1. The van der Waals surface area contributed by atoms with Crippen molar-refractivity contribution in [1.29, 1.82) is 0 Å². The predicted molar refractivity (Wildman–Crippen MR) is 93.7 cm³/mol. The molecular formula is C17H18ClN3O5. The van der Waals surface area contributed by atoms with Gasteiger partial charge in [0.05, 0.1) is 24.5 Å². The molecule has 2 aliphatic heterocycles. The van der Waals surface area contributed by atoms with Gasteiger partial charge in [-0.1, -0.05) is 17.7 Å². The van der Waals surface area contributed by atoms with Crippen LogP contribution >= 0.6 is 11.6 Å². The van der Waals surface area contributed by atoms with Crippen LogP contribution in [-0.4, -0.2) is 65.5 Å². The van der Waals surface area contributed by atoms with Crippen molar-refractivity contribution in [2.75, 3.05) is 38.2 Å². The summed E-state index contributed by atoms with van der Waals surface area (Å²) >= 11 is 5.96. The number of imide groups is 1. The second-order valence-electron chi connectivity index (χ2n) is 5.77. The number of carbonyl (C=O) groups is 3. The highest BCUT2D eigenvalue weighted by atomic mass is 35.5. The average molecular weight is 380 g/mol. The number of hydrogen-bond donors (Lipinski definition) is 2. The summed E-state index contributed by atoms with van der Waals surface area (Å²) in [6, 6.07) is 4.56. The van der Waals surface area contributed by atoms with Gasteiger partial charge < -0.3 is 20.1 Å². The molecule has 1 aromatic rings. The Morgan fingerprint density at radius 2 is 1.96 bits per heavy atom. The number of ether oxygens (including phenoxy) is 1. The zero-order valence-electron chi connectivity index (χ0n) is 14.1. The molecule has 2 N–H and O–H groups in total. The van der Waals surface area contributed by atoms with Gasteiger partial charge in [-0.25, -0.2) is 0 Å². The molecule has 0 unspecified atom stereocenters. The zero-order chi connectivity index (χ0) is 18.8. The summed E-state index contributed by atoms with van der Waals surface area (Å²) in [4.78, 5) is 39.4. The molecule has 0 aliphatic carbocycles. The van der Waals surface area contributed by atoms with Gasteiger partial charge in [-0.05, 0) is 19.1 Å². The smallest absolute Gasteiger partial charge is 0.278 e. The molecule has 2 heterocycles. The summed E-state index contributed by atoms with van der Waals surface area (Å²) in [5, 5.41) is 12.9. The Hall–Kier alpha value is -2.58. The lowest BCUT2D eigenvalue weighted by molar-refractivity contribution is -0.137. The molecule has 0 bridgehead atoms. The quantitative estimate of drug-likeness (QED) is 0.600. The third-order valence-corrected chi connectivity index (χ3v) is 4.60. The van der Waals surface area contributed by atoms with E-state index in [2.05, 4.69) is 5.32 Å². The molecule has 1 aromatic carbocycles. The minimum Gasteiger partial charge on any atom is -0.505 e. The monoisotopic (exact) mass is 379 g/mol. The fourth-order valence-electron chi connectivity index (χ4n) is 2.83. The van der Waals surface area contributed by atoms with Gasteiger partial charge in [0.15, 0.2) is 5.75 Å². The standard InChI is InChI=1S/C17H18ClN3O5/c1-2-21-16(24)12(18)13(17(21)25)19-11-5-3-4-10(14(11)22)15(23)20-6-8-26-9-7-20/h3-5,19,22H,2,6-9H2,1H3. The average Bonchev–Trinajstić information content (AvgIpc) is 2.86. The number of nitrogens with zero attached hydrogens (tertiary/aromatic N) is 2. The van der Waals surface area contributed by atoms with Crippen molar-refractivity contribution in [1.82, 2.24) is 9.80 Å². The van der Waals surface area contributed by atoms with Crippen molar-refractivity contribution in [3.8, 4) is 5.75 Å². The summed E-state index contributed by atoms with van der Waals surface area (Å²) in [7, 11) is 0. The Labute approximate surface area is 155 Å². The number of phenolic OH excluding ortho intramolecular Hbond substituents is 1. The Morgan fingerprint density at radius 1 is 1.27 bits per heavy atom. The molecule has 26 heavy (non-hydrogen) atoms. The summed E-state index contributed by atoms with van der Waals surface area (Å²) in [6.07, 6.45) is 0. The molecule has 3 amide bonds. The van der Waals surface area contributed by atoms with Crippen LogP contribution in [0.15, 0.2) is 28.9 Å². The van der Waals surface area contributed by atoms with Crippen molar-refractivity contribution in [3.05, 3.63) is 34.5 Å². The first-order chi connectivity index (χ1) is 12.5. The number of morpholine rings is 1. The van der Waals surface area contributed by atoms with Crippen molar-refractivity contribution >= 4 is 35.0 Å². The Morgan fingerprint density at radius 3 is 2.58 bits per heavy atom. The first-order valence-corrected chi connectivity index (χ1v) is 8.55. The lowest BCUT2D eigenvalue weighted by Crippen LogP contribution is -2.40. The third kappa shape index (κ3) is 3.13. The van der Waals surface area contributed by atoms with E-state index in [-0.39, 0.29) is 40.2 Å². The van der Waals surface area contributed by atoms with E-state index in [1.54, 1.807) is 17.9 Å². The summed E-state index contributed by atoms with van der Waals surface area (Å²) in [6.45, 7) is 3.59. The molecule has 8 nitrogen and oxygen atoms in total. The van der Waals surface area contributed by atoms with E-state index < -0.39 is 11.8 Å². The third-order valence-electron chi connectivity index (χ3n) is 4.25. The van der Waals surface area contributed by atoms with E-state index in [1.165, 1.54) is 12.1 Å². The highest BCUT2D eigenvalue weighted by Crippen LogP contribution is 2.32. The van der Waals surface area contributed by atoms with E-state index >= 15 is 0 Å². The number of nitrogens with one attached hydrogen (secondary N) is 1. The van der Waals surface area contributed by atoms with Crippen molar-refractivity contribution in [2.45, 2.75) is 6.92 Å². The number of phenols is 1. The molecule has 0 atom stereocenters. The highest BCUT2D eigenvalue weighted by Gasteiger charge is 2.37. The van der Waals surface area contributed by atoms with Gasteiger partial charge in [0, 0.05) is 19.6 Å². The number of hydrogen-bond acceptors (Lipinski definition) is 6. The zero-order valence-corrected chi connectivity index (χ0v) is 14.9. The minimum atomic E-state index is -0.596. The highest BCUT2D eigenvalue weighted by molar-refractivity contribution is 6.48. The number of carbonyl (C=O) groups excluding carboxylic acids is 3. The van der Waals surface area contributed by atoms with E-state index in [4.69, 9.17) is 16.3 Å². The first-order valence-electron chi connectivity index (χ1n) is 8.17. The maximum Gasteiger partial charge on any atom is 0.278 e. The van der Waals surface area contributed by atoms with Gasteiger partial charge in [-0.3, -0.25) is 19.3 Å². The van der Waals surface area contributed by atoms with E-state index in [0.29, 0.717) is 26.3 Å². The molecule has 9 heteroatoms.